The van der Waals surface area contributed by atoms with Crippen LogP contribution in [0.3, 0.4) is 0 Å². The summed E-state index contributed by atoms with van der Waals surface area (Å²) in [6.07, 6.45) is 2.78. The standard InChI is InChI=1S/C6H9Cl3/c1-5(6(8)9)3-2-4-7/h3,6H,2,4H2,1H3. The van der Waals surface area contributed by atoms with E-state index in [0.717, 1.165) is 12.0 Å². The number of alkyl halides is 3. The molecule has 0 rings (SSSR count). The highest BCUT2D eigenvalue weighted by molar-refractivity contribution is 6.46. The highest BCUT2D eigenvalue weighted by Gasteiger charge is 1.98. The molecule has 3 heteroatoms. The molecule has 0 saturated carbocycles. The summed E-state index contributed by atoms with van der Waals surface area (Å²) in [5, 5.41) is 0. The van der Waals surface area contributed by atoms with Crippen LogP contribution in [0.1, 0.15) is 13.3 Å². The van der Waals surface area contributed by atoms with Gasteiger partial charge in [-0.05, 0) is 18.9 Å². The highest BCUT2D eigenvalue weighted by Crippen LogP contribution is 2.13. The van der Waals surface area contributed by atoms with Crippen LogP contribution in [0.25, 0.3) is 0 Å². The summed E-state index contributed by atoms with van der Waals surface area (Å²) in [4.78, 5) is -0.381. The maximum absolute atomic E-state index is 5.52. The Labute approximate surface area is 70.8 Å². The van der Waals surface area contributed by atoms with E-state index in [1.54, 1.807) is 0 Å². The van der Waals surface area contributed by atoms with Gasteiger partial charge in [0.05, 0.1) is 0 Å². The van der Waals surface area contributed by atoms with Crippen molar-refractivity contribution in [1.82, 2.24) is 0 Å². The van der Waals surface area contributed by atoms with E-state index in [0.29, 0.717) is 5.88 Å². The van der Waals surface area contributed by atoms with Gasteiger partial charge < -0.3 is 0 Å². The largest absolute Gasteiger partial charge is 0.128 e. The molecule has 0 aromatic carbocycles. The predicted octanol–water partition coefficient (Wildman–Crippen LogP) is 3.37. The van der Waals surface area contributed by atoms with Gasteiger partial charge in [-0.1, -0.05) is 6.08 Å². The first-order valence-electron chi connectivity index (χ1n) is 2.69. The normalized spacial score (nSPS) is 12.8. The van der Waals surface area contributed by atoms with Gasteiger partial charge in [0, 0.05) is 5.88 Å². The van der Waals surface area contributed by atoms with E-state index in [4.69, 9.17) is 34.8 Å². The van der Waals surface area contributed by atoms with Gasteiger partial charge in [-0.15, -0.1) is 34.8 Å². The molecule has 0 aliphatic rings. The molecule has 0 aromatic heterocycles. The van der Waals surface area contributed by atoms with E-state index >= 15 is 0 Å². The van der Waals surface area contributed by atoms with Crippen molar-refractivity contribution in [2.24, 2.45) is 0 Å². The number of hydrogen-bond donors (Lipinski definition) is 0. The van der Waals surface area contributed by atoms with E-state index in [1.165, 1.54) is 0 Å². The first kappa shape index (κ1) is 9.61. The van der Waals surface area contributed by atoms with Crippen LogP contribution in [0.2, 0.25) is 0 Å². The molecule has 0 aliphatic carbocycles. The van der Waals surface area contributed by atoms with Crippen LogP contribution in [0.5, 0.6) is 0 Å². The summed E-state index contributed by atoms with van der Waals surface area (Å²) in [6.45, 7) is 1.89. The minimum atomic E-state index is -0.381. The van der Waals surface area contributed by atoms with E-state index < -0.39 is 0 Å². The molecule has 9 heavy (non-hydrogen) atoms. The minimum Gasteiger partial charge on any atom is -0.126 e. The van der Waals surface area contributed by atoms with Crippen LogP contribution in [0.15, 0.2) is 11.6 Å². The molecule has 0 fully saturated rings. The molecular weight excluding hydrogens is 178 g/mol. The summed E-state index contributed by atoms with van der Waals surface area (Å²) in [6, 6.07) is 0. The van der Waals surface area contributed by atoms with Crippen molar-refractivity contribution >= 4 is 34.8 Å². The van der Waals surface area contributed by atoms with Crippen molar-refractivity contribution in [2.75, 3.05) is 5.88 Å². The maximum Gasteiger partial charge on any atom is 0.128 e. The quantitative estimate of drug-likeness (QED) is 0.469. The number of rotatable bonds is 3. The zero-order chi connectivity index (χ0) is 7.28. The molecule has 0 atom stereocenters. The smallest absolute Gasteiger partial charge is 0.126 e. The molecule has 0 spiro atoms. The number of halogens is 3. The van der Waals surface area contributed by atoms with Gasteiger partial charge >= 0.3 is 0 Å². The molecule has 54 valence electrons. The minimum absolute atomic E-state index is 0.381. The van der Waals surface area contributed by atoms with E-state index in [9.17, 15) is 0 Å². The van der Waals surface area contributed by atoms with Crippen LogP contribution in [0, 0.1) is 0 Å². The number of allylic oxidation sites excluding steroid dienone is 2. The third-order valence-electron chi connectivity index (χ3n) is 0.920. The molecule has 0 bridgehead atoms. The van der Waals surface area contributed by atoms with E-state index in [-0.39, 0.29) is 4.84 Å². The monoisotopic (exact) mass is 186 g/mol. The Balaban J connectivity index is 3.55. The summed E-state index contributed by atoms with van der Waals surface area (Å²) < 4.78 is 0. The molecular formula is C6H9Cl3. The fourth-order valence-electron chi connectivity index (χ4n) is 0.371. The van der Waals surface area contributed by atoms with Crippen molar-refractivity contribution in [3.8, 4) is 0 Å². The van der Waals surface area contributed by atoms with Gasteiger partial charge in [-0.2, -0.15) is 0 Å². The predicted molar refractivity (Wildman–Crippen MR) is 44.6 cm³/mol. The van der Waals surface area contributed by atoms with Gasteiger partial charge in [0.25, 0.3) is 0 Å². The van der Waals surface area contributed by atoms with Crippen molar-refractivity contribution in [3.63, 3.8) is 0 Å². The Morgan fingerprint density at radius 1 is 1.56 bits per heavy atom. The Kier molecular flexibility index (Phi) is 5.77. The van der Waals surface area contributed by atoms with Crippen molar-refractivity contribution in [3.05, 3.63) is 11.6 Å². The fraction of sp³-hybridized carbons (Fsp3) is 0.667. The Morgan fingerprint density at radius 3 is 2.44 bits per heavy atom. The van der Waals surface area contributed by atoms with Gasteiger partial charge in [0.1, 0.15) is 4.84 Å². The van der Waals surface area contributed by atoms with E-state index in [2.05, 4.69) is 0 Å². The lowest BCUT2D eigenvalue weighted by molar-refractivity contribution is 1.17. The SMILES string of the molecule is CC(=CCCCl)C(Cl)Cl. The Bertz CT molecular complexity index is 96.5. The third-order valence-corrected chi connectivity index (χ3v) is 1.83. The average molecular weight is 187 g/mol. The molecule has 0 N–H and O–H groups in total. The van der Waals surface area contributed by atoms with Crippen molar-refractivity contribution in [1.29, 1.82) is 0 Å². The Hall–Kier alpha value is 0.610. The van der Waals surface area contributed by atoms with Crippen LogP contribution in [-0.2, 0) is 0 Å². The first-order valence-corrected chi connectivity index (χ1v) is 4.10. The van der Waals surface area contributed by atoms with Crippen LogP contribution < -0.4 is 0 Å². The lowest BCUT2D eigenvalue weighted by atomic mass is 10.3. The highest BCUT2D eigenvalue weighted by atomic mass is 35.5. The van der Waals surface area contributed by atoms with Crippen LogP contribution in [0.4, 0.5) is 0 Å². The topological polar surface area (TPSA) is 0 Å². The molecule has 0 heterocycles. The number of hydrogen-bond acceptors (Lipinski definition) is 0. The van der Waals surface area contributed by atoms with E-state index in [1.807, 2.05) is 13.0 Å². The fourth-order valence-corrected chi connectivity index (χ4v) is 0.659. The van der Waals surface area contributed by atoms with Crippen molar-refractivity contribution < 1.29 is 0 Å². The average Bonchev–Trinajstić information content (AvgIpc) is 1.82. The molecule has 0 nitrogen and oxygen atoms in total. The van der Waals surface area contributed by atoms with Crippen LogP contribution >= 0.6 is 34.8 Å². The summed E-state index contributed by atoms with van der Waals surface area (Å²) in [5.74, 6) is 0.623. The third kappa shape index (κ3) is 5.07. The van der Waals surface area contributed by atoms with Gasteiger partial charge in [0.2, 0.25) is 0 Å². The van der Waals surface area contributed by atoms with Gasteiger partial charge in [-0.25, -0.2) is 0 Å². The van der Waals surface area contributed by atoms with Crippen molar-refractivity contribution in [2.45, 2.75) is 18.2 Å². The zero-order valence-corrected chi connectivity index (χ0v) is 7.47. The summed E-state index contributed by atoms with van der Waals surface area (Å²) in [5.41, 5.74) is 0.971. The second-order valence-corrected chi connectivity index (χ2v) is 3.20. The van der Waals surface area contributed by atoms with Gasteiger partial charge in [0.15, 0.2) is 0 Å². The summed E-state index contributed by atoms with van der Waals surface area (Å²) >= 11 is 16.5. The molecule has 0 radical (unpaired) electrons. The first-order chi connectivity index (χ1) is 4.18. The lowest BCUT2D eigenvalue weighted by Gasteiger charge is -1.98. The zero-order valence-electron chi connectivity index (χ0n) is 5.20. The van der Waals surface area contributed by atoms with Crippen LogP contribution in [-0.4, -0.2) is 10.7 Å². The molecule has 0 saturated heterocycles. The Morgan fingerprint density at radius 2 is 2.11 bits per heavy atom. The lowest BCUT2D eigenvalue weighted by Crippen LogP contribution is -1.87. The molecule has 0 amide bonds. The maximum atomic E-state index is 5.52. The molecule has 0 unspecified atom stereocenters. The second-order valence-electron chi connectivity index (χ2n) is 1.73. The summed E-state index contributed by atoms with van der Waals surface area (Å²) in [7, 11) is 0. The second kappa shape index (κ2) is 5.40. The molecule has 0 aliphatic heterocycles. The van der Waals surface area contributed by atoms with Gasteiger partial charge in [-0.3, -0.25) is 0 Å². The molecule has 0 aromatic rings.